The number of carbonyl (C=O) groups is 1. The van der Waals surface area contributed by atoms with Crippen molar-refractivity contribution in [2.45, 2.75) is 43.9 Å². The SMILES string of the molecule is BC(C(=O)NCCCCCCn1ccc2cc(OC)ccc21)C(B)c1cccnc1. The summed E-state index contributed by atoms with van der Waals surface area (Å²) >= 11 is 0. The van der Waals surface area contributed by atoms with Gasteiger partial charge in [0.25, 0.3) is 0 Å². The Hall–Kier alpha value is -2.69. The van der Waals surface area contributed by atoms with Crippen molar-refractivity contribution in [2.24, 2.45) is 0 Å². The van der Waals surface area contributed by atoms with Gasteiger partial charge in [0.05, 0.1) is 7.11 Å². The second-order valence-corrected chi connectivity index (χ2v) is 8.00. The van der Waals surface area contributed by atoms with E-state index in [1.165, 1.54) is 10.9 Å². The lowest BCUT2D eigenvalue weighted by atomic mass is 9.63. The Morgan fingerprint density at radius 3 is 2.77 bits per heavy atom. The van der Waals surface area contributed by atoms with Gasteiger partial charge in [-0.2, -0.15) is 0 Å². The van der Waals surface area contributed by atoms with Crippen LogP contribution in [0.15, 0.2) is 55.0 Å². The lowest BCUT2D eigenvalue weighted by Gasteiger charge is -2.19. The molecule has 2 aromatic heterocycles. The number of fused-ring (bicyclic) bond motifs is 1. The van der Waals surface area contributed by atoms with E-state index in [1.807, 2.05) is 32.2 Å². The molecule has 0 bridgehead atoms. The Kier molecular flexibility index (Phi) is 8.00. The van der Waals surface area contributed by atoms with E-state index in [0.717, 1.165) is 50.1 Å². The number of nitrogens with one attached hydrogen (secondary N) is 1. The summed E-state index contributed by atoms with van der Waals surface area (Å²) in [7, 11) is 5.77. The summed E-state index contributed by atoms with van der Waals surface area (Å²) in [5.74, 6) is 1.12. The van der Waals surface area contributed by atoms with Crippen LogP contribution in [0.5, 0.6) is 5.75 Å². The normalized spacial score (nSPS) is 13.1. The molecule has 30 heavy (non-hydrogen) atoms. The van der Waals surface area contributed by atoms with Gasteiger partial charge in [-0.25, -0.2) is 0 Å². The number of carbonyl (C=O) groups excluding carboxylic acids is 1. The van der Waals surface area contributed by atoms with Crippen LogP contribution in [-0.4, -0.2) is 44.8 Å². The molecule has 0 aliphatic carbocycles. The van der Waals surface area contributed by atoms with Crippen molar-refractivity contribution in [3.63, 3.8) is 0 Å². The molecule has 5 nitrogen and oxygen atoms in total. The van der Waals surface area contributed by atoms with Crippen LogP contribution in [0.25, 0.3) is 10.9 Å². The smallest absolute Gasteiger partial charge is 0.214 e. The molecule has 0 spiro atoms. The fourth-order valence-corrected chi connectivity index (χ4v) is 3.79. The van der Waals surface area contributed by atoms with Gasteiger partial charge < -0.3 is 14.6 Å². The molecule has 0 radical (unpaired) electrons. The number of nitrogens with zero attached hydrogens (tertiary/aromatic N) is 2. The van der Waals surface area contributed by atoms with Crippen LogP contribution >= 0.6 is 0 Å². The Bertz CT molecular complexity index is 946. The highest BCUT2D eigenvalue weighted by Gasteiger charge is 2.21. The first kappa shape index (κ1) is 22.0. The van der Waals surface area contributed by atoms with Crippen molar-refractivity contribution in [3.05, 3.63) is 60.6 Å². The van der Waals surface area contributed by atoms with E-state index in [9.17, 15) is 4.79 Å². The summed E-state index contributed by atoms with van der Waals surface area (Å²) in [6, 6.07) is 12.3. The molecule has 1 amide bonds. The maximum absolute atomic E-state index is 12.4. The molecule has 156 valence electrons. The van der Waals surface area contributed by atoms with Gasteiger partial charge in [0.15, 0.2) is 0 Å². The number of methoxy groups -OCH3 is 1. The zero-order valence-electron chi connectivity index (χ0n) is 18.3. The first-order valence-corrected chi connectivity index (χ1v) is 10.9. The molecule has 3 rings (SSSR count). The lowest BCUT2D eigenvalue weighted by Crippen LogP contribution is -2.31. The monoisotopic (exact) mass is 403 g/mol. The van der Waals surface area contributed by atoms with E-state index in [4.69, 9.17) is 4.74 Å². The predicted molar refractivity (Wildman–Crippen MR) is 128 cm³/mol. The second-order valence-electron chi connectivity index (χ2n) is 8.00. The van der Waals surface area contributed by atoms with Crippen molar-refractivity contribution < 1.29 is 9.53 Å². The third kappa shape index (κ3) is 5.68. The minimum Gasteiger partial charge on any atom is -0.497 e. The molecular weight excluding hydrogens is 372 g/mol. The van der Waals surface area contributed by atoms with Crippen molar-refractivity contribution in [3.8, 4) is 5.75 Å². The zero-order chi connectivity index (χ0) is 21.3. The van der Waals surface area contributed by atoms with Crippen molar-refractivity contribution in [2.75, 3.05) is 13.7 Å². The molecule has 3 aromatic rings. The Morgan fingerprint density at radius 1 is 1.17 bits per heavy atom. The van der Waals surface area contributed by atoms with E-state index < -0.39 is 0 Å². The number of amides is 1. The Balaban J connectivity index is 1.32. The Labute approximate surface area is 181 Å². The standard InChI is InChI=1S/C23H31B2N3O2/c1-30-19-8-9-20-17(15-19)10-14-28(20)13-5-3-2-4-12-27-23(29)22(25)21(24)18-7-6-11-26-16-18/h6-11,14-16,21-22H,2-5,12-13,24-25H2,1H3,(H,27,29). The lowest BCUT2D eigenvalue weighted by molar-refractivity contribution is -0.121. The molecule has 1 aromatic carbocycles. The summed E-state index contributed by atoms with van der Waals surface area (Å²) in [6.07, 6.45) is 10.2. The molecule has 0 aliphatic rings. The predicted octanol–water partition coefficient (Wildman–Crippen LogP) is 2.52. The topological polar surface area (TPSA) is 56.2 Å². The first-order chi connectivity index (χ1) is 14.6. The number of hydrogen-bond acceptors (Lipinski definition) is 3. The second kappa shape index (κ2) is 10.9. The third-order valence-corrected chi connectivity index (χ3v) is 5.98. The summed E-state index contributed by atoms with van der Waals surface area (Å²) in [6.45, 7) is 1.76. The molecule has 2 heterocycles. The van der Waals surface area contributed by atoms with Crippen molar-refractivity contribution >= 4 is 32.5 Å². The summed E-state index contributed by atoms with van der Waals surface area (Å²) < 4.78 is 7.60. The van der Waals surface area contributed by atoms with Gasteiger partial charge in [-0.3, -0.25) is 9.78 Å². The molecule has 0 saturated carbocycles. The Morgan fingerprint density at radius 2 is 2.00 bits per heavy atom. The molecular formula is C23H31B2N3O2. The number of aromatic nitrogens is 2. The number of rotatable bonds is 11. The molecule has 1 N–H and O–H groups in total. The van der Waals surface area contributed by atoms with Crippen molar-refractivity contribution in [1.29, 1.82) is 0 Å². The van der Waals surface area contributed by atoms with E-state index >= 15 is 0 Å². The van der Waals surface area contributed by atoms with Crippen LogP contribution in [0.4, 0.5) is 0 Å². The fourth-order valence-electron chi connectivity index (χ4n) is 3.79. The van der Waals surface area contributed by atoms with Gasteiger partial charge in [-0.05, 0) is 54.6 Å². The van der Waals surface area contributed by atoms with Crippen LogP contribution in [-0.2, 0) is 11.3 Å². The number of pyridine rings is 1. The highest BCUT2D eigenvalue weighted by atomic mass is 16.5. The highest BCUT2D eigenvalue weighted by Crippen LogP contribution is 2.23. The maximum Gasteiger partial charge on any atom is 0.214 e. The van der Waals surface area contributed by atoms with Crippen molar-refractivity contribution in [1.82, 2.24) is 14.9 Å². The van der Waals surface area contributed by atoms with E-state index in [0.29, 0.717) is 0 Å². The van der Waals surface area contributed by atoms with Crippen LogP contribution < -0.4 is 10.1 Å². The van der Waals surface area contributed by atoms with Crippen LogP contribution in [0.1, 0.15) is 37.1 Å². The molecule has 0 saturated heterocycles. The third-order valence-electron chi connectivity index (χ3n) is 5.98. The molecule has 2 atom stereocenters. The largest absolute Gasteiger partial charge is 0.497 e. The van der Waals surface area contributed by atoms with Gasteiger partial charge in [-0.1, -0.05) is 18.9 Å². The van der Waals surface area contributed by atoms with Crippen LogP contribution in [0.2, 0.25) is 5.82 Å². The summed E-state index contributed by atoms with van der Waals surface area (Å²) in [5, 5.41) is 4.31. The fraction of sp³-hybridized carbons (Fsp3) is 0.391. The van der Waals surface area contributed by atoms with Gasteiger partial charge in [0.2, 0.25) is 5.91 Å². The zero-order valence-corrected chi connectivity index (χ0v) is 18.3. The summed E-state index contributed by atoms with van der Waals surface area (Å²) in [5.41, 5.74) is 2.36. The number of aryl methyl sites for hydroxylation is 1. The number of unbranched alkanes of at least 4 members (excludes halogenated alkanes) is 3. The van der Waals surface area contributed by atoms with Gasteiger partial charge in [-0.15, -0.1) is 0 Å². The van der Waals surface area contributed by atoms with Gasteiger partial charge >= 0.3 is 0 Å². The van der Waals surface area contributed by atoms with E-state index in [1.54, 1.807) is 13.3 Å². The van der Waals surface area contributed by atoms with E-state index in [-0.39, 0.29) is 17.5 Å². The minimum absolute atomic E-state index is 0.0603. The maximum atomic E-state index is 12.4. The van der Waals surface area contributed by atoms with E-state index in [2.05, 4.69) is 47.1 Å². The number of benzene rings is 1. The molecule has 2 unspecified atom stereocenters. The molecule has 0 fully saturated rings. The van der Waals surface area contributed by atoms with Crippen LogP contribution in [0.3, 0.4) is 0 Å². The van der Waals surface area contributed by atoms with Crippen LogP contribution in [0, 0.1) is 0 Å². The highest BCUT2D eigenvalue weighted by molar-refractivity contribution is 6.30. The average molecular weight is 403 g/mol. The number of ether oxygens (including phenoxy) is 1. The molecule has 0 aliphatic heterocycles. The number of hydrogen-bond donors (Lipinski definition) is 1. The summed E-state index contributed by atoms with van der Waals surface area (Å²) in [4.78, 5) is 16.6. The molecule has 7 heteroatoms. The van der Waals surface area contributed by atoms with Gasteiger partial charge in [0, 0.05) is 48.4 Å². The minimum atomic E-state index is -0.0603. The average Bonchev–Trinajstić information content (AvgIpc) is 3.19. The first-order valence-electron chi connectivity index (χ1n) is 10.9. The quantitative estimate of drug-likeness (QED) is 0.396. The van der Waals surface area contributed by atoms with Gasteiger partial charge in [0.1, 0.15) is 21.4 Å².